The van der Waals surface area contributed by atoms with E-state index in [4.69, 9.17) is 4.74 Å². The normalized spacial score (nSPS) is 20.8. The minimum absolute atomic E-state index is 0.0235. The van der Waals surface area contributed by atoms with Crippen molar-refractivity contribution >= 4 is 11.7 Å². The average Bonchev–Trinajstić information content (AvgIpc) is 3.25. The molecule has 2 heterocycles. The van der Waals surface area contributed by atoms with E-state index in [1.54, 1.807) is 6.33 Å². The Labute approximate surface area is 212 Å². The summed E-state index contributed by atoms with van der Waals surface area (Å²) in [6.07, 6.45) is 3.92. The van der Waals surface area contributed by atoms with Crippen LogP contribution in [-0.2, 0) is 15.1 Å². The number of amides is 1. The Bertz CT molecular complexity index is 1010. The molecule has 36 heavy (non-hydrogen) atoms. The summed E-state index contributed by atoms with van der Waals surface area (Å²) in [6, 6.07) is 2.42. The number of rotatable bonds is 11. The van der Waals surface area contributed by atoms with Crippen molar-refractivity contribution in [1.29, 1.82) is 0 Å². The molecule has 1 fully saturated rings. The lowest BCUT2D eigenvalue weighted by atomic mass is 10.0. The number of hydrogen-bond acceptors (Lipinski definition) is 6. The highest BCUT2D eigenvalue weighted by molar-refractivity contribution is 5.93. The van der Waals surface area contributed by atoms with Crippen LogP contribution in [0.25, 0.3) is 0 Å². The fourth-order valence-electron chi connectivity index (χ4n) is 4.72. The zero-order valence-corrected chi connectivity index (χ0v) is 21.8. The van der Waals surface area contributed by atoms with Crippen molar-refractivity contribution in [3.8, 4) is 0 Å². The first-order valence-corrected chi connectivity index (χ1v) is 12.6. The number of carbonyl (C=O) groups excluding carboxylic acids is 1. The number of aliphatic hydroxyl groups excluding tert-OH is 1. The van der Waals surface area contributed by atoms with Crippen molar-refractivity contribution < 1.29 is 23.4 Å². The maximum absolute atomic E-state index is 14.0. The molecule has 1 aliphatic heterocycles. The van der Waals surface area contributed by atoms with Crippen LogP contribution < -0.4 is 10.6 Å². The van der Waals surface area contributed by atoms with Crippen LogP contribution in [0, 0.1) is 11.6 Å². The molecule has 3 N–H and O–H groups in total. The van der Waals surface area contributed by atoms with Crippen LogP contribution >= 0.6 is 0 Å². The predicted octanol–water partition coefficient (Wildman–Crippen LogP) is 3.44. The Balaban J connectivity index is 1.59. The number of nitrogens with zero attached hydrogens (tertiary/aromatic N) is 3. The lowest BCUT2D eigenvalue weighted by Crippen LogP contribution is -2.50. The molecule has 4 atom stereocenters. The molecule has 0 spiro atoms. The number of nitrogens with one attached hydrogen (secondary N) is 2. The maximum atomic E-state index is 14.0. The molecule has 10 heteroatoms. The Kier molecular flexibility index (Phi) is 9.57. The number of halogens is 2. The van der Waals surface area contributed by atoms with Gasteiger partial charge in [0.15, 0.2) is 5.82 Å². The van der Waals surface area contributed by atoms with E-state index in [2.05, 4.69) is 48.2 Å². The van der Waals surface area contributed by atoms with Crippen molar-refractivity contribution in [2.24, 2.45) is 0 Å². The number of hydrogen-bond donors (Lipinski definition) is 3. The number of aliphatic hydroxyl groups is 1. The van der Waals surface area contributed by atoms with Gasteiger partial charge in [0.1, 0.15) is 11.6 Å². The molecular weight excluding hydrogens is 468 g/mol. The van der Waals surface area contributed by atoms with E-state index in [0.717, 1.165) is 38.2 Å². The molecule has 3 rings (SSSR count). The molecule has 1 aromatic carbocycles. The number of benzene rings is 1. The van der Waals surface area contributed by atoms with E-state index < -0.39 is 23.8 Å². The van der Waals surface area contributed by atoms with Crippen molar-refractivity contribution in [2.45, 2.75) is 77.4 Å². The average molecular weight is 508 g/mol. The van der Waals surface area contributed by atoms with Crippen LogP contribution in [0.1, 0.15) is 59.1 Å². The maximum Gasteiger partial charge on any atom is 0.242 e. The highest BCUT2D eigenvalue weighted by Crippen LogP contribution is 2.22. The van der Waals surface area contributed by atoms with Crippen molar-refractivity contribution in [2.75, 3.05) is 31.5 Å². The third-order valence-corrected chi connectivity index (χ3v) is 6.41. The first-order chi connectivity index (χ1) is 17.0. The van der Waals surface area contributed by atoms with Crippen LogP contribution in [-0.4, -0.2) is 69.9 Å². The van der Waals surface area contributed by atoms with Crippen LogP contribution in [0.5, 0.6) is 0 Å². The largest absolute Gasteiger partial charge is 0.387 e. The van der Waals surface area contributed by atoms with E-state index in [1.165, 1.54) is 6.07 Å². The van der Waals surface area contributed by atoms with Gasteiger partial charge in [-0.3, -0.25) is 9.69 Å². The lowest BCUT2D eigenvalue weighted by Gasteiger charge is -2.40. The minimum atomic E-state index is -1.22. The Morgan fingerprint density at radius 1 is 1.28 bits per heavy atom. The molecule has 2 aromatic rings. The molecule has 0 aliphatic carbocycles. The highest BCUT2D eigenvalue weighted by Gasteiger charge is 2.29. The number of imidazole rings is 1. The molecule has 1 unspecified atom stereocenters. The van der Waals surface area contributed by atoms with E-state index in [1.807, 2.05) is 17.7 Å². The van der Waals surface area contributed by atoms with Crippen LogP contribution in [0.2, 0.25) is 0 Å². The molecule has 1 aliphatic rings. The molecule has 0 radical (unpaired) electrons. The van der Waals surface area contributed by atoms with Gasteiger partial charge in [-0.2, -0.15) is 0 Å². The molecule has 200 valence electrons. The van der Waals surface area contributed by atoms with Gasteiger partial charge >= 0.3 is 0 Å². The monoisotopic (exact) mass is 507 g/mol. The van der Waals surface area contributed by atoms with Gasteiger partial charge < -0.3 is 25.0 Å². The first kappa shape index (κ1) is 28.2. The van der Waals surface area contributed by atoms with Crippen LogP contribution in [0.4, 0.5) is 14.6 Å². The Morgan fingerprint density at radius 3 is 2.61 bits per heavy atom. The van der Waals surface area contributed by atoms with E-state index in [-0.39, 0.29) is 35.8 Å². The van der Waals surface area contributed by atoms with Gasteiger partial charge in [-0.25, -0.2) is 13.8 Å². The number of carbonyl (C=O) groups is 1. The quantitative estimate of drug-likeness (QED) is 0.432. The summed E-state index contributed by atoms with van der Waals surface area (Å²) in [7, 11) is 0. The number of ether oxygens (including phenoxy) is 1. The fourth-order valence-corrected chi connectivity index (χ4v) is 4.72. The minimum Gasteiger partial charge on any atom is -0.387 e. The summed E-state index contributed by atoms with van der Waals surface area (Å²) in [5, 5.41) is 16.2. The topological polar surface area (TPSA) is 91.6 Å². The molecule has 0 bridgehead atoms. The Morgan fingerprint density at radius 2 is 1.97 bits per heavy atom. The van der Waals surface area contributed by atoms with Crippen LogP contribution in [0.15, 0.2) is 30.7 Å². The molecular formula is C26H39F2N5O3. The summed E-state index contributed by atoms with van der Waals surface area (Å²) in [6.45, 7) is 12.8. The van der Waals surface area contributed by atoms with Gasteiger partial charge in [0.2, 0.25) is 5.91 Å². The first-order valence-electron chi connectivity index (χ1n) is 12.6. The number of morpholine rings is 1. The van der Waals surface area contributed by atoms with Crippen molar-refractivity contribution in [3.05, 3.63) is 47.9 Å². The smallest absolute Gasteiger partial charge is 0.242 e. The van der Waals surface area contributed by atoms with Gasteiger partial charge in [-0.1, -0.05) is 19.4 Å². The number of anilines is 1. The van der Waals surface area contributed by atoms with Gasteiger partial charge in [0.05, 0.1) is 36.2 Å². The van der Waals surface area contributed by atoms with Gasteiger partial charge in [-0.15, -0.1) is 0 Å². The van der Waals surface area contributed by atoms with Crippen molar-refractivity contribution in [3.63, 3.8) is 0 Å². The van der Waals surface area contributed by atoms with E-state index >= 15 is 0 Å². The summed E-state index contributed by atoms with van der Waals surface area (Å²) >= 11 is 0. The summed E-state index contributed by atoms with van der Waals surface area (Å²) < 4.78 is 35.0. The zero-order valence-electron chi connectivity index (χ0n) is 21.8. The SMILES string of the molecule is CCC[C@H](NCC(O)c1ccc(F)cc1F)C(=O)Nc1cn(C(C)(C)CN2C[C@@H](C)O[C@@H](C)C2)cn1. The second kappa shape index (κ2) is 12.2. The summed E-state index contributed by atoms with van der Waals surface area (Å²) in [4.78, 5) is 19.7. The predicted molar refractivity (Wildman–Crippen MR) is 135 cm³/mol. The summed E-state index contributed by atoms with van der Waals surface area (Å²) in [5.74, 6) is -1.39. The number of aromatic nitrogens is 2. The zero-order chi connectivity index (χ0) is 26.5. The molecule has 0 saturated carbocycles. The molecule has 8 nitrogen and oxygen atoms in total. The van der Waals surface area contributed by atoms with E-state index in [9.17, 15) is 18.7 Å². The standard InChI is InChI=1S/C26H39F2N5O3/c1-6-7-22(29-11-23(34)20-9-8-19(27)10-21(20)28)25(35)31-24-14-33(16-30-24)26(4,5)15-32-12-17(2)36-18(3)13-32/h8-10,14,16-18,22-23,29,34H,6-7,11-13,15H2,1-5H3,(H,31,35)/t17-,18+,22-,23?/m0/s1. The van der Waals surface area contributed by atoms with Gasteiger partial charge in [0.25, 0.3) is 0 Å². The van der Waals surface area contributed by atoms with Crippen molar-refractivity contribution in [1.82, 2.24) is 19.8 Å². The molecule has 1 amide bonds. The van der Waals surface area contributed by atoms with E-state index in [0.29, 0.717) is 12.2 Å². The Hall–Kier alpha value is -2.40. The second-order valence-electron chi connectivity index (χ2n) is 10.4. The highest BCUT2D eigenvalue weighted by atomic mass is 19.1. The fraction of sp³-hybridized carbons (Fsp3) is 0.615. The molecule has 1 saturated heterocycles. The van der Waals surface area contributed by atoms with Gasteiger partial charge in [0, 0.05) is 44.0 Å². The van der Waals surface area contributed by atoms with Crippen LogP contribution in [0.3, 0.4) is 0 Å². The summed E-state index contributed by atoms with van der Waals surface area (Å²) in [5.41, 5.74) is -0.276. The second-order valence-corrected chi connectivity index (χ2v) is 10.4. The molecule has 1 aromatic heterocycles. The lowest BCUT2D eigenvalue weighted by molar-refractivity contribution is -0.118. The third kappa shape index (κ3) is 7.55. The van der Waals surface area contributed by atoms with Gasteiger partial charge in [-0.05, 0) is 40.2 Å². The third-order valence-electron chi connectivity index (χ3n) is 6.41.